The molecule has 21 heavy (non-hydrogen) atoms. The van der Waals surface area contributed by atoms with Crippen molar-refractivity contribution < 1.29 is 14.3 Å². The van der Waals surface area contributed by atoms with Gasteiger partial charge in [-0.1, -0.05) is 6.07 Å². The highest BCUT2D eigenvalue weighted by Crippen LogP contribution is 2.32. The summed E-state index contributed by atoms with van der Waals surface area (Å²) in [5.41, 5.74) is 1.35. The van der Waals surface area contributed by atoms with E-state index < -0.39 is 0 Å². The second-order valence-corrected chi connectivity index (χ2v) is 5.40. The van der Waals surface area contributed by atoms with Crippen LogP contribution in [0, 0.1) is 0 Å². The molecule has 1 saturated carbocycles. The number of nitrogens with one attached hydrogen (secondary N) is 1. The number of methoxy groups -OCH3 is 2. The van der Waals surface area contributed by atoms with Crippen molar-refractivity contribution in [2.75, 3.05) is 14.2 Å². The van der Waals surface area contributed by atoms with Gasteiger partial charge >= 0.3 is 0 Å². The number of ether oxygens (including phenoxy) is 2. The molecule has 2 fully saturated rings. The Kier molecular flexibility index (Phi) is 3.55. The first-order valence-corrected chi connectivity index (χ1v) is 7.13. The molecule has 3 rings (SSSR count). The fourth-order valence-corrected chi connectivity index (χ4v) is 2.66. The SMILES string of the molecule is COc1ccc(/C=C2\NC(=S)N(C3CC3)C2=O)cc1OC. The summed E-state index contributed by atoms with van der Waals surface area (Å²) in [6.45, 7) is 0. The zero-order chi connectivity index (χ0) is 15.0. The molecule has 1 aliphatic carbocycles. The first kappa shape index (κ1) is 13.9. The fraction of sp³-hybridized carbons (Fsp3) is 0.333. The van der Waals surface area contributed by atoms with Gasteiger partial charge in [-0.2, -0.15) is 0 Å². The third kappa shape index (κ3) is 2.58. The molecule has 0 unspecified atom stereocenters. The van der Waals surface area contributed by atoms with Crippen molar-refractivity contribution in [1.29, 1.82) is 0 Å². The first-order chi connectivity index (χ1) is 10.1. The lowest BCUT2D eigenvalue weighted by Gasteiger charge is -2.11. The Morgan fingerprint density at radius 1 is 1.29 bits per heavy atom. The summed E-state index contributed by atoms with van der Waals surface area (Å²) in [7, 11) is 3.17. The summed E-state index contributed by atoms with van der Waals surface area (Å²) in [5.74, 6) is 1.22. The van der Waals surface area contributed by atoms with Crippen molar-refractivity contribution in [3.8, 4) is 11.5 Å². The normalized spacial score (nSPS) is 19.9. The molecule has 110 valence electrons. The predicted molar refractivity (Wildman–Crippen MR) is 83.1 cm³/mol. The maximum atomic E-state index is 12.3. The van der Waals surface area contributed by atoms with E-state index >= 15 is 0 Å². The van der Waals surface area contributed by atoms with Crippen LogP contribution in [0.5, 0.6) is 11.5 Å². The molecule has 0 spiro atoms. The largest absolute Gasteiger partial charge is 0.493 e. The van der Waals surface area contributed by atoms with Crippen LogP contribution in [0.3, 0.4) is 0 Å². The number of thiocarbonyl (C=S) groups is 1. The van der Waals surface area contributed by atoms with Crippen LogP contribution >= 0.6 is 12.2 Å². The smallest absolute Gasteiger partial charge is 0.276 e. The Hall–Kier alpha value is -2.08. The van der Waals surface area contributed by atoms with Crippen molar-refractivity contribution in [3.05, 3.63) is 29.5 Å². The molecule has 1 saturated heterocycles. The lowest BCUT2D eigenvalue weighted by molar-refractivity contribution is -0.122. The highest BCUT2D eigenvalue weighted by Gasteiger charge is 2.41. The van der Waals surface area contributed by atoms with Crippen LogP contribution in [0.25, 0.3) is 6.08 Å². The molecule has 1 aromatic carbocycles. The van der Waals surface area contributed by atoms with Gasteiger partial charge in [-0.3, -0.25) is 9.69 Å². The van der Waals surface area contributed by atoms with E-state index in [-0.39, 0.29) is 11.9 Å². The molecule has 1 heterocycles. The monoisotopic (exact) mass is 304 g/mol. The van der Waals surface area contributed by atoms with Gasteiger partial charge in [0.15, 0.2) is 16.6 Å². The van der Waals surface area contributed by atoms with Crippen molar-refractivity contribution in [2.24, 2.45) is 0 Å². The second-order valence-electron chi connectivity index (χ2n) is 5.01. The molecule has 1 amide bonds. The Morgan fingerprint density at radius 2 is 2.00 bits per heavy atom. The van der Waals surface area contributed by atoms with Crippen LogP contribution in [0.4, 0.5) is 0 Å². The van der Waals surface area contributed by atoms with Crippen molar-refractivity contribution in [3.63, 3.8) is 0 Å². The van der Waals surface area contributed by atoms with Crippen molar-refractivity contribution >= 4 is 29.3 Å². The van der Waals surface area contributed by atoms with E-state index in [4.69, 9.17) is 21.7 Å². The zero-order valence-electron chi connectivity index (χ0n) is 11.9. The van der Waals surface area contributed by atoms with E-state index in [1.54, 1.807) is 25.2 Å². The molecular formula is C15H16N2O3S. The van der Waals surface area contributed by atoms with Crippen molar-refractivity contribution in [1.82, 2.24) is 10.2 Å². The Labute approximate surface area is 128 Å². The number of hydrogen-bond donors (Lipinski definition) is 1. The summed E-state index contributed by atoms with van der Waals surface area (Å²) < 4.78 is 10.5. The molecule has 6 heteroatoms. The maximum Gasteiger partial charge on any atom is 0.276 e. The molecule has 1 aliphatic heterocycles. The van der Waals surface area contributed by atoms with Crippen LogP contribution in [-0.2, 0) is 4.79 Å². The third-order valence-corrected chi connectivity index (χ3v) is 3.84. The number of rotatable bonds is 4. The molecular weight excluding hydrogens is 288 g/mol. The Bertz CT molecular complexity index is 638. The highest BCUT2D eigenvalue weighted by molar-refractivity contribution is 7.80. The first-order valence-electron chi connectivity index (χ1n) is 6.72. The summed E-state index contributed by atoms with van der Waals surface area (Å²) in [6.07, 6.45) is 3.83. The third-order valence-electron chi connectivity index (χ3n) is 3.54. The minimum atomic E-state index is -0.0581. The Morgan fingerprint density at radius 3 is 2.62 bits per heavy atom. The average molecular weight is 304 g/mol. The lowest BCUT2D eigenvalue weighted by atomic mass is 10.1. The Balaban J connectivity index is 1.88. The summed E-state index contributed by atoms with van der Waals surface area (Å²) in [5, 5.41) is 3.48. The molecule has 0 atom stereocenters. The quantitative estimate of drug-likeness (QED) is 0.680. The second kappa shape index (κ2) is 5.37. The van der Waals surface area contributed by atoms with Crippen LogP contribution in [0.15, 0.2) is 23.9 Å². The summed E-state index contributed by atoms with van der Waals surface area (Å²) in [6, 6.07) is 5.77. The fourth-order valence-electron chi connectivity index (χ4n) is 2.32. The standard InChI is InChI=1S/C15H16N2O3S/c1-19-12-6-3-9(8-13(12)20-2)7-11-14(18)17(10-4-5-10)15(21)16-11/h3,6-8,10H,4-5H2,1-2H3,(H,16,21)/b11-7-. The van der Waals surface area contributed by atoms with Gasteiger partial charge in [0.05, 0.1) is 14.2 Å². The minimum Gasteiger partial charge on any atom is -0.493 e. The van der Waals surface area contributed by atoms with E-state index in [2.05, 4.69) is 5.32 Å². The van der Waals surface area contributed by atoms with Crippen LogP contribution < -0.4 is 14.8 Å². The summed E-state index contributed by atoms with van der Waals surface area (Å²) in [4.78, 5) is 14.0. The molecule has 0 aromatic heterocycles. The van der Waals surface area contributed by atoms with Gasteiger partial charge in [0.1, 0.15) is 5.70 Å². The van der Waals surface area contributed by atoms with Crippen molar-refractivity contribution in [2.45, 2.75) is 18.9 Å². The molecule has 0 radical (unpaired) electrons. The lowest BCUT2D eigenvalue weighted by Crippen LogP contribution is -2.32. The number of amides is 1. The van der Waals surface area contributed by atoms with Gasteiger partial charge in [0.25, 0.3) is 5.91 Å². The molecule has 2 aliphatic rings. The number of hydrogen-bond acceptors (Lipinski definition) is 4. The van der Waals surface area contributed by atoms with Gasteiger partial charge in [-0.25, -0.2) is 0 Å². The zero-order valence-corrected chi connectivity index (χ0v) is 12.7. The maximum absolute atomic E-state index is 12.3. The topological polar surface area (TPSA) is 50.8 Å². The van der Waals surface area contributed by atoms with E-state index in [1.807, 2.05) is 18.2 Å². The molecule has 1 N–H and O–H groups in total. The number of benzene rings is 1. The molecule has 0 bridgehead atoms. The number of nitrogens with zero attached hydrogens (tertiary/aromatic N) is 1. The van der Waals surface area contributed by atoms with E-state index in [0.29, 0.717) is 22.3 Å². The van der Waals surface area contributed by atoms with Gasteiger partial charge in [0, 0.05) is 6.04 Å². The van der Waals surface area contributed by atoms with E-state index in [9.17, 15) is 4.79 Å². The average Bonchev–Trinajstić information content (AvgIpc) is 3.27. The van der Waals surface area contributed by atoms with Crippen LogP contribution in [0.2, 0.25) is 0 Å². The van der Waals surface area contributed by atoms with Crippen LogP contribution in [0.1, 0.15) is 18.4 Å². The van der Waals surface area contributed by atoms with Gasteiger partial charge in [-0.05, 0) is 48.8 Å². The van der Waals surface area contributed by atoms with Gasteiger partial charge < -0.3 is 14.8 Å². The highest BCUT2D eigenvalue weighted by atomic mass is 32.1. The number of carbonyl (C=O) groups is 1. The van der Waals surface area contributed by atoms with Gasteiger partial charge in [0.2, 0.25) is 0 Å². The van der Waals surface area contributed by atoms with Crippen LogP contribution in [-0.4, -0.2) is 36.2 Å². The number of carbonyl (C=O) groups excluding carboxylic acids is 1. The van der Waals surface area contributed by atoms with E-state index in [0.717, 1.165) is 18.4 Å². The van der Waals surface area contributed by atoms with Gasteiger partial charge in [-0.15, -0.1) is 0 Å². The molecule has 1 aromatic rings. The van der Waals surface area contributed by atoms with E-state index in [1.165, 1.54) is 0 Å². The predicted octanol–water partition coefficient (Wildman–Crippen LogP) is 1.92. The summed E-state index contributed by atoms with van der Waals surface area (Å²) >= 11 is 5.22. The molecule has 5 nitrogen and oxygen atoms in total. The minimum absolute atomic E-state index is 0.0581.